The van der Waals surface area contributed by atoms with E-state index in [0.29, 0.717) is 17.8 Å². The number of nitrogens with zero attached hydrogens (tertiary/aromatic N) is 2. The van der Waals surface area contributed by atoms with E-state index >= 15 is 0 Å². The first kappa shape index (κ1) is 26.3. The van der Waals surface area contributed by atoms with Gasteiger partial charge in [0.2, 0.25) is 0 Å². The molecule has 5 heteroatoms. The van der Waals surface area contributed by atoms with Gasteiger partial charge in [-0.15, -0.1) is 0 Å². The summed E-state index contributed by atoms with van der Waals surface area (Å²) in [6, 6.07) is 0.945. The van der Waals surface area contributed by atoms with Gasteiger partial charge in [-0.1, -0.05) is 32.4 Å². The Bertz CT molecular complexity index is 913. The third kappa shape index (κ3) is 4.07. The van der Waals surface area contributed by atoms with Crippen molar-refractivity contribution in [3.05, 3.63) is 11.6 Å². The molecule has 5 rings (SSSR count). The van der Waals surface area contributed by atoms with Crippen molar-refractivity contribution in [3.8, 4) is 0 Å². The SMILES string of the molecule is CC(=O)OC(CC(C)C)C(=O)N(C)C1CCC2(C)C(=CCC3C2CCC24CN(C)C(C)C2CCC34)C1. The van der Waals surface area contributed by atoms with Crippen molar-refractivity contribution in [2.45, 2.75) is 111 Å². The number of carbonyl (C=O) groups excluding carboxylic acids is 2. The van der Waals surface area contributed by atoms with E-state index in [1.807, 2.05) is 11.9 Å². The van der Waals surface area contributed by atoms with Crippen LogP contribution in [0.15, 0.2) is 11.6 Å². The molecule has 0 N–H and O–H groups in total. The summed E-state index contributed by atoms with van der Waals surface area (Å²) in [6.45, 7) is 11.9. The summed E-state index contributed by atoms with van der Waals surface area (Å²) in [7, 11) is 4.28. The van der Waals surface area contributed by atoms with Gasteiger partial charge in [-0.05, 0) is 112 Å². The summed E-state index contributed by atoms with van der Waals surface area (Å²) in [4.78, 5) is 29.6. The number of ether oxygens (including phenoxy) is 1. The maximum Gasteiger partial charge on any atom is 0.303 e. The molecule has 1 amide bonds. The van der Waals surface area contributed by atoms with Gasteiger partial charge in [-0.2, -0.15) is 0 Å². The van der Waals surface area contributed by atoms with Crippen LogP contribution < -0.4 is 0 Å². The lowest BCUT2D eigenvalue weighted by Crippen LogP contribution is -2.53. The molecule has 1 heterocycles. The second-order valence-electron chi connectivity index (χ2n) is 13.9. The van der Waals surface area contributed by atoms with E-state index in [1.54, 1.807) is 5.57 Å². The highest BCUT2D eigenvalue weighted by Gasteiger charge is 2.64. The topological polar surface area (TPSA) is 49.9 Å². The monoisotopic (exact) mass is 498 g/mol. The van der Waals surface area contributed by atoms with Gasteiger partial charge in [0.1, 0.15) is 0 Å². The van der Waals surface area contributed by atoms with Crippen molar-refractivity contribution >= 4 is 11.9 Å². The van der Waals surface area contributed by atoms with E-state index in [0.717, 1.165) is 42.6 Å². The van der Waals surface area contributed by atoms with Crippen LogP contribution >= 0.6 is 0 Å². The number of carbonyl (C=O) groups is 2. The predicted octanol–water partition coefficient (Wildman–Crippen LogP) is 5.68. The minimum absolute atomic E-state index is 0.0298. The Morgan fingerprint density at radius 3 is 2.56 bits per heavy atom. The van der Waals surface area contributed by atoms with Crippen LogP contribution in [0.25, 0.3) is 0 Å². The van der Waals surface area contributed by atoms with E-state index in [-0.39, 0.29) is 23.3 Å². The van der Waals surface area contributed by atoms with Gasteiger partial charge in [0.15, 0.2) is 6.10 Å². The minimum Gasteiger partial charge on any atom is -0.452 e. The second kappa shape index (κ2) is 9.43. The van der Waals surface area contributed by atoms with Crippen LogP contribution in [0.4, 0.5) is 0 Å². The van der Waals surface area contributed by atoms with Crippen LogP contribution in [0.3, 0.4) is 0 Å². The molecule has 1 aliphatic heterocycles. The molecule has 4 aliphatic carbocycles. The molecular weight excluding hydrogens is 448 g/mol. The number of likely N-dealkylation sites (N-methyl/N-ethyl adjacent to an activating group) is 1. The molecule has 4 fully saturated rings. The Morgan fingerprint density at radius 2 is 1.86 bits per heavy atom. The number of amides is 1. The first-order chi connectivity index (χ1) is 17.0. The number of hydrogen-bond donors (Lipinski definition) is 0. The molecule has 0 aromatic carbocycles. The summed E-state index contributed by atoms with van der Waals surface area (Å²) < 4.78 is 5.47. The normalized spacial score (nSPS) is 42.6. The van der Waals surface area contributed by atoms with Crippen LogP contribution in [-0.4, -0.2) is 60.5 Å². The van der Waals surface area contributed by atoms with Gasteiger partial charge in [-0.25, -0.2) is 0 Å². The van der Waals surface area contributed by atoms with Crippen molar-refractivity contribution in [2.75, 3.05) is 20.6 Å². The van der Waals surface area contributed by atoms with Gasteiger partial charge in [-0.3, -0.25) is 9.59 Å². The van der Waals surface area contributed by atoms with Crippen LogP contribution in [0, 0.1) is 40.4 Å². The highest BCUT2D eigenvalue weighted by atomic mass is 16.5. The summed E-state index contributed by atoms with van der Waals surface area (Å²) in [5.41, 5.74) is 2.46. The Kier molecular flexibility index (Phi) is 6.88. The molecule has 202 valence electrons. The summed E-state index contributed by atoms with van der Waals surface area (Å²) >= 11 is 0. The Hall–Kier alpha value is -1.36. The summed E-state index contributed by atoms with van der Waals surface area (Å²) in [6.07, 6.45) is 12.6. The fraction of sp³-hybridized carbons (Fsp3) is 0.871. The summed E-state index contributed by atoms with van der Waals surface area (Å²) in [5, 5.41) is 0. The second-order valence-corrected chi connectivity index (χ2v) is 13.9. The molecule has 36 heavy (non-hydrogen) atoms. The first-order valence-electron chi connectivity index (χ1n) is 14.8. The van der Waals surface area contributed by atoms with E-state index in [4.69, 9.17) is 4.74 Å². The number of likely N-dealkylation sites (tertiary alicyclic amines) is 1. The van der Waals surface area contributed by atoms with E-state index in [9.17, 15) is 9.59 Å². The Morgan fingerprint density at radius 1 is 1.14 bits per heavy atom. The van der Waals surface area contributed by atoms with Gasteiger partial charge in [0, 0.05) is 32.6 Å². The van der Waals surface area contributed by atoms with Crippen molar-refractivity contribution < 1.29 is 14.3 Å². The number of allylic oxidation sites excluding steroid dienone is 1. The maximum absolute atomic E-state index is 13.4. The molecule has 9 atom stereocenters. The molecule has 1 saturated heterocycles. The first-order valence-corrected chi connectivity index (χ1v) is 14.8. The molecule has 0 bridgehead atoms. The van der Waals surface area contributed by atoms with Crippen molar-refractivity contribution in [1.29, 1.82) is 0 Å². The minimum atomic E-state index is -0.665. The third-order valence-corrected chi connectivity index (χ3v) is 11.8. The highest BCUT2D eigenvalue weighted by molar-refractivity contribution is 5.83. The van der Waals surface area contributed by atoms with Crippen molar-refractivity contribution in [2.24, 2.45) is 40.4 Å². The standard InChI is InChI=1S/C31H50N2O3/c1-19(2)16-28(36-21(4)34)29(35)33(7)23-12-14-30(5)22(17-23)8-9-24-26(30)13-15-31-18-32(6)20(3)25(31)10-11-27(24)31/h8,19-20,23-28H,9-18H2,1-7H3. The number of hydrogen-bond acceptors (Lipinski definition) is 4. The third-order valence-electron chi connectivity index (χ3n) is 11.8. The lowest BCUT2D eigenvalue weighted by atomic mass is 9.47. The average molecular weight is 499 g/mol. The Balaban J connectivity index is 1.31. The molecule has 5 nitrogen and oxygen atoms in total. The average Bonchev–Trinajstić information content (AvgIpc) is 3.30. The highest BCUT2D eigenvalue weighted by Crippen LogP contribution is 2.68. The smallest absolute Gasteiger partial charge is 0.303 e. The molecule has 5 aliphatic rings. The summed E-state index contributed by atoms with van der Waals surface area (Å²) in [5.74, 6) is 3.33. The lowest BCUT2D eigenvalue weighted by Gasteiger charge is -2.58. The zero-order valence-corrected chi connectivity index (χ0v) is 23.9. The van der Waals surface area contributed by atoms with Crippen LogP contribution in [0.1, 0.15) is 92.4 Å². The fourth-order valence-electron chi connectivity index (χ4n) is 10.0. The predicted molar refractivity (Wildman–Crippen MR) is 143 cm³/mol. The molecule has 9 unspecified atom stereocenters. The van der Waals surface area contributed by atoms with Crippen LogP contribution in [0.2, 0.25) is 0 Å². The van der Waals surface area contributed by atoms with Gasteiger partial charge in [0.05, 0.1) is 0 Å². The zero-order chi connectivity index (χ0) is 26.0. The van der Waals surface area contributed by atoms with Gasteiger partial charge in [0.25, 0.3) is 5.91 Å². The fourth-order valence-corrected chi connectivity index (χ4v) is 10.0. The molecule has 3 saturated carbocycles. The number of fused-ring (bicyclic) bond motifs is 4. The van der Waals surface area contributed by atoms with Crippen LogP contribution in [-0.2, 0) is 14.3 Å². The Labute approximate surface area is 219 Å². The molecule has 1 spiro atoms. The number of esters is 1. The molecular formula is C31H50N2O3. The van der Waals surface area contributed by atoms with Crippen molar-refractivity contribution in [3.63, 3.8) is 0 Å². The molecule has 0 aromatic heterocycles. The quantitative estimate of drug-likeness (QED) is 0.361. The van der Waals surface area contributed by atoms with Crippen molar-refractivity contribution in [1.82, 2.24) is 9.80 Å². The number of rotatable bonds is 5. The maximum atomic E-state index is 13.4. The van der Waals surface area contributed by atoms with E-state index in [1.165, 1.54) is 52.0 Å². The largest absolute Gasteiger partial charge is 0.452 e. The van der Waals surface area contributed by atoms with Gasteiger partial charge >= 0.3 is 5.97 Å². The molecule has 0 aromatic rings. The van der Waals surface area contributed by atoms with Gasteiger partial charge < -0.3 is 14.5 Å². The zero-order valence-electron chi connectivity index (χ0n) is 23.9. The van der Waals surface area contributed by atoms with E-state index in [2.05, 4.69) is 45.7 Å². The molecule has 0 radical (unpaired) electrons. The lowest BCUT2D eigenvalue weighted by molar-refractivity contribution is -0.160. The van der Waals surface area contributed by atoms with E-state index < -0.39 is 6.10 Å². The van der Waals surface area contributed by atoms with Crippen LogP contribution in [0.5, 0.6) is 0 Å².